The van der Waals surface area contributed by atoms with E-state index >= 15 is 0 Å². The molecule has 0 N–H and O–H groups in total. The first-order valence-corrected chi connectivity index (χ1v) is 21.3. The average molecular weight is 798 g/mol. The minimum atomic E-state index is -4.49. The molecule has 0 saturated heterocycles. The van der Waals surface area contributed by atoms with Gasteiger partial charge in [0.2, 0.25) is 5.16 Å². The van der Waals surface area contributed by atoms with Crippen LogP contribution in [0.2, 0.25) is 0 Å². The number of esters is 1. The third kappa shape index (κ3) is 8.45. The number of pyridine rings is 1. The Balaban J connectivity index is 1.45. The number of rotatable bonds is 15. The summed E-state index contributed by atoms with van der Waals surface area (Å²) in [5, 5.41) is -0.194. The standard InChI is InChI=1S/C38H43N3O10S3/c1-23(2)31-18-29(51-21-35(42)50-15-16-53(44,45)30-12-9-24(3)10-13-30)17-25(4)37(31)54(46,47)41-34-19-28(48-7)11-14-32(34)40-38(41)52(43)22-33-27(6)36(49-8)26(5)20-39-33/h9-14,17-20,23H,15-16,21-22H2,1-8H3. The maximum atomic E-state index is 14.9. The Morgan fingerprint density at radius 3 is 2.24 bits per heavy atom. The molecule has 288 valence electrons. The molecule has 16 heteroatoms. The molecular weight excluding hydrogens is 755 g/mol. The van der Waals surface area contributed by atoms with E-state index in [0.29, 0.717) is 39.4 Å². The van der Waals surface area contributed by atoms with Crippen molar-refractivity contribution >= 4 is 47.7 Å². The topological polar surface area (TPSA) is 170 Å². The molecule has 0 bridgehead atoms. The lowest BCUT2D eigenvalue weighted by molar-refractivity contribution is -0.145. The minimum Gasteiger partial charge on any atom is -0.497 e. The van der Waals surface area contributed by atoms with Crippen LogP contribution in [-0.4, -0.2) is 74.1 Å². The molecule has 0 saturated carbocycles. The Hall–Kier alpha value is -4.80. The van der Waals surface area contributed by atoms with Crippen LogP contribution < -0.4 is 14.2 Å². The Morgan fingerprint density at radius 1 is 0.889 bits per heavy atom. The highest BCUT2D eigenvalue weighted by molar-refractivity contribution is 7.91. The van der Waals surface area contributed by atoms with Gasteiger partial charge in [-0.1, -0.05) is 31.5 Å². The molecule has 0 aliphatic heterocycles. The number of ether oxygens (including phenoxy) is 4. The van der Waals surface area contributed by atoms with E-state index in [1.807, 2.05) is 27.7 Å². The van der Waals surface area contributed by atoms with Gasteiger partial charge in [-0.25, -0.2) is 30.6 Å². The van der Waals surface area contributed by atoms with Crippen molar-refractivity contribution in [2.45, 2.75) is 68.2 Å². The molecule has 1 atom stereocenters. The third-order valence-corrected chi connectivity index (χ3v) is 13.7. The van der Waals surface area contributed by atoms with Crippen molar-refractivity contribution in [1.82, 2.24) is 13.9 Å². The van der Waals surface area contributed by atoms with Gasteiger partial charge in [-0.2, -0.15) is 0 Å². The van der Waals surface area contributed by atoms with E-state index in [4.69, 9.17) is 18.9 Å². The molecule has 0 spiro atoms. The molecule has 54 heavy (non-hydrogen) atoms. The molecule has 3 aromatic carbocycles. The summed E-state index contributed by atoms with van der Waals surface area (Å²) in [6, 6.07) is 14.2. The number of sulfone groups is 1. The third-order valence-electron chi connectivity index (χ3n) is 8.76. The summed E-state index contributed by atoms with van der Waals surface area (Å²) in [4.78, 5) is 21.7. The van der Waals surface area contributed by atoms with E-state index in [0.717, 1.165) is 15.1 Å². The van der Waals surface area contributed by atoms with E-state index in [1.54, 1.807) is 44.3 Å². The van der Waals surface area contributed by atoms with Crippen molar-refractivity contribution in [2.75, 3.05) is 33.2 Å². The van der Waals surface area contributed by atoms with E-state index in [1.165, 1.54) is 44.6 Å². The second-order valence-electron chi connectivity index (χ2n) is 13.0. The van der Waals surface area contributed by atoms with Crippen LogP contribution in [-0.2, 0) is 45.9 Å². The lowest BCUT2D eigenvalue weighted by Crippen LogP contribution is -2.21. The summed E-state index contributed by atoms with van der Waals surface area (Å²) in [7, 11) is -7.16. The molecule has 0 aliphatic carbocycles. The van der Waals surface area contributed by atoms with Gasteiger partial charge in [0.05, 0.1) is 63.0 Å². The molecule has 2 heterocycles. The van der Waals surface area contributed by atoms with Crippen LogP contribution in [0, 0.1) is 27.7 Å². The Bertz CT molecular complexity index is 2460. The summed E-state index contributed by atoms with van der Waals surface area (Å²) in [6.07, 6.45) is 1.61. The molecule has 0 fully saturated rings. The molecule has 5 aromatic rings. The quantitative estimate of drug-likeness (QED) is 0.118. The van der Waals surface area contributed by atoms with Crippen molar-refractivity contribution in [3.63, 3.8) is 0 Å². The van der Waals surface area contributed by atoms with Crippen LogP contribution in [0.25, 0.3) is 11.0 Å². The fourth-order valence-electron chi connectivity index (χ4n) is 5.96. The Kier molecular flexibility index (Phi) is 12.2. The second-order valence-corrected chi connectivity index (χ2v) is 18.2. The summed E-state index contributed by atoms with van der Waals surface area (Å²) >= 11 is 0. The number of aromatic nitrogens is 3. The zero-order chi connectivity index (χ0) is 39.5. The van der Waals surface area contributed by atoms with Crippen LogP contribution in [0.4, 0.5) is 0 Å². The highest BCUT2D eigenvalue weighted by atomic mass is 32.2. The highest BCUT2D eigenvalue weighted by Gasteiger charge is 2.32. The average Bonchev–Trinajstić information content (AvgIpc) is 3.52. The summed E-state index contributed by atoms with van der Waals surface area (Å²) < 4.78 is 92.0. The summed E-state index contributed by atoms with van der Waals surface area (Å²) in [5.74, 6) is -0.493. The first-order valence-electron chi connectivity index (χ1n) is 16.9. The number of fused-ring (bicyclic) bond motifs is 1. The van der Waals surface area contributed by atoms with Crippen LogP contribution in [0.1, 0.15) is 53.3 Å². The van der Waals surface area contributed by atoms with E-state index in [-0.39, 0.29) is 44.5 Å². The number of benzene rings is 3. The Morgan fingerprint density at radius 2 is 1.59 bits per heavy atom. The van der Waals surface area contributed by atoms with Crippen LogP contribution in [0.5, 0.6) is 17.2 Å². The zero-order valence-corrected chi connectivity index (χ0v) is 33.8. The van der Waals surface area contributed by atoms with Gasteiger partial charge in [-0.15, -0.1) is 0 Å². The summed E-state index contributed by atoms with van der Waals surface area (Å²) in [5.41, 5.74) is 4.02. The molecule has 13 nitrogen and oxygen atoms in total. The number of aryl methyl sites for hydroxylation is 3. The first-order chi connectivity index (χ1) is 25.5. The predicted molar refractivity (Wildman–Crippen MR) is 204 cm³/mol. The zero-order valence-electron chi connectivity index (χ0n) is 31.3. The molecule has 5 rings (SSSR count). The van der Waals surface area contributed by atoms with Gasteiger partial charge in [-0.3, -0.25) is 9.19 Å². The van der Waals surface area contributed by atoms with Gasteiger partial charge in [0.1, 0.15) is 23.9 Å². The van der Waals surface area contributed by atoms with E-state index in [2.05, 4.69) is 9.97 Å². The molecule has 0 amide bonds. The summed E-state index contributed by atoms with van der Waals surface area (Å²) in [6.45, 7) is 9.81. The maximum Gasteiger partial charge on any atom is 0.344 e. The predicted octanol–water partition coefficient (Wildman–Crippen LogP) is 5.75. The van der Waals surface area contributed by atoms with E-state index < -0.39 is 49.0 Å². The number of carbonyl (C=O) groups is 1. The van der Waals surface area contributed by atoms with E-state index in [9.17, 15) is 25.8 Å². The van der Waals surface area contributed by atoms with Gasteiger partial charge >= 0.3 is 5.97 Å². The number of hydrogen-bond donors (Lipinski definition) is 0. The first kappa shape index (κ1) is 40.4. The second kappa shape index (κ2) is 16.3. The van der Waals surface area contributed by atoms with Gasteiger partial charge < -0.3 is 18.9 Å². The number of hydrogen-bond acceptors (Lipinski definition) is 12. The van der Waals surface area contributed by atoms with Crippen LogP contribution in [0.3, 0.4) is 0 Å². The largest absolute Gasteiger partial charge is 0.497 e. The smallest absolute Gasteiger partial charge is 0.344 e. The number of carbonyl (C=O) groups excluding carboxylic acids is 1. The van der Waals surface area contributed by atoms with Crippen LogP contribution in [0.15, 0.2) is 75.7 Å². The number of imidazole rings is 1. The van der Waals surface area contributed by atoms with Crippen molar-refractivity contribution in [3.8, 4) is 17.2 Å². The minimum absolute atomic E-state index is 0.0413. The highest BCUT2D eigenvalue weighted by Crippen LogP contribution is 2.36. The van der Waals surface area contributed by atoms with Crippen molar-refractivity contribution in [2.24, 2.45) is 0 Å². The molecule has 0 radical (unpaired) electrons. The van der Waals surface area contributed by atoms with Crippen molar-refractivity contribution in [1.29, 1.82) is 0 Å². The normalized spacial score (nSPS) is 12.5. The Labute approximate surface area is 318 Å². The molecule has 2 aromatic heterocycles. The van der Waals surface area contributed by atoms with Crippen molar-refractivity contribution in [3.05, 3.63) is 94.3 Å². The SMILES string of the molecule is COc1ccc2nc(S(=O)Cc3ncc(C)c(OC)c3C)n(S(=O)(=O)c3c(C)cc(OCC(=O)OCCS(=O)(=O)c4ccc(C)cc4)cc3C(C)C)c2c1. The van der Waals surface area contributed by atoms with Gasteiger partial charge in [0.25, 0.3) is 10.0 Å². The number of nitrogens with zero attached hydrogens (tertiary/aromatic N) is 3. The van der Waals surface area contributed by atoms with Gasteiger partial charge in [-0.05, 0) is 81.1 Å². The lowest BCUT2D eigenvalue weighted by atomic mass is 10.0. The van der Waals surface area contributed by atoms with Crippen molar-refractivity contribution < 1.29 is 44.8 Å². The molecular formula is C38H43N3O10S3. The van der Waals surface area contributed by atoms with Crippen LogP contribution >= 0.6 is 0 Å². The molecule has 0 aliphatic rings. The number of methoxy groups -OCH3 is 2. The fourth-order valence-corrected chi connectivity index (χ4v) is 10.6. The molecule has 1 unspecified atom stereocenters. The fraction of sp³-hybridized carbons (Fsp3) is 0.342. The monoisotopic (exact) mass is 797 g/mol. The maximum absolute atomic E-state index is 14.9. The van der Waals surface area contributed by atoms with Gasteiger partial charge in [0.15, 0.2) is 16.4 Å². The lowest BCUT2D eigenvalue weighted by Gasteiger charge is -2.20. The van der Waals surface area contributed by atoms with Gasteiger partial charge in [0, 0.05) is 23.4 Å².